The first-order chi connectivity index (χ1) is 8.29. The lowest BCUT2D eigenvalue weighted by Gasteiger charge is -2.03. The molecule has 1 aliphatic rings. The molecule has 0 bridgehead atoms. The van der Waals surface area contributed by atoms with Crippen molar-refractivity contribution in [3.8, 4) is 5.75 Å². The molecule has 0 atom stereocenters. The number of aromatic nitrogens is 1. The number of pyridine rings is 1. The summed E-state index contributed by atoms with van der Waals surface area (Å²) in [4.78, 5) is 15.5. The van der Waals surface area contributed by atoms with Crippen LogP contribution >= 0.6 is 0 Å². The molecule has 1 aromatic rings. The van der Waals surface area contributed by atoms with Gasteiger partial charge in [-0.1, -0.05) is 32.6 Å². The molecule has 2 rings (SSSR count). The van der Waals surface area contributed by atoms with Gasteiger partial charge >= 0.3 is 5.97 Å². The third kappa shape index (κ3) is 3.29. The lowest BCUT2D eigenvalue weighted by molar-refractivity contribution is -0.131. The molecule has 1 aliphatic heterocycles. The number of carbonyl (C=O) groups is 1. The molecule has 0 unspecified atom stereocenters. The van der Waals surface area contributed by atoms with Crippen molar-refractivity contribution in [3.63, 3.8) is 0 Å². The first kappa shape index (κ1) is 12.1. The number of rotatable bonds is 6. The van der Waals surface area contributed by atoms with Gasteiger partial charge in [0.1, 0.15) is 5.75 Å². The molecule has 2 heterocycles. The number of fused-ring (bicyclic) bond motifs is 1. The normalized spacial score (nSPS) is 13.6. The van der Waals surface area contributed by atoms with Crippen LogP contribution in [0.4, 0.5) is 0 Å². The van der Waals surface area contributed by atoms with E-state index in [1.54, 1.807) is 6.20 Å². The van der Waals surface area contributed by atoms with Gasteiger partial charge < -0.3 is 4.74 Å². The van der Waals surface area contributed by atoms with Crippen LogP contribution in [0.25, 0.3) is 0 Å². The van der Waals surface area contributed by atoms with Crippen LogP contribution in [0.5, 0.6) is 5.75 Å². The lowest BCUT2D eigenvalue weighted by Crippen LogP contribution is -2.00. The fourth-order valence-corrected chi connectivity index (χ4v) is 2.09. The van der Waals surface area contributed by atoms with Crippen molar-refractivity contribution in [1.29, 1.82) is 0 Å². The molecule has 0 saturated heterocycles. The maximum absolute atomic E-state index is 11.1. The van der Waals surface area contributed by atoms with Crippen LogP contribution < -0.4 is 4.74 Å². The minimum absolute atomic E-state index is 0.165. The van der Waals surface area contributed by atoms with Gasteiger partial charge in [0, 0.05) is 23.5 Å². The molecule has 0 amide bonds. The molecule has 0 fully saturated rings. The maximum atomic E-state index is 11.1. The van der Waals surface area contributed by atoms with E-state index in [0.29, 0.717) is 12.2 Å². The van der Waals surface area contributed by atoms with Gasteiger partial charge in [0.15, 0.2) is 0 Å². The molecular formula is C14H19NO2. The van der Waals surface area contributed by atoms with Gasteiger partial charge in [-0.15, -0.1) is 0 Å². The van der Waals surface area contributed by atoms with Gasteiger partial charge in [-0.2, -0.15) is 0 Å². The van der Waals surface area contributed by atoms with Crippen molar-refractivity contribution in [2.45, 2.75) is 51.9 Å². The number of unbranched alkanes of at least 4 members (excludes halogenated alkanes) is 4. The summed E-state index contributed by atoms with van der Waals surface area (Å²) in [6.07, 6.45) is 9.44. The summed E-state index contributed by atoms with van der Waals surface area (Å²) in [6.45, 7) is 2.22. The summed E-state index contributed by atoms with van der Waals surface area (Å²) < 4.78 is 5.11. The quantitative estimate of drug-likeness (QED) is 0.560. The van der Waals surface area contributed by atoms with E-state index in [9.17, 15) is 4.79 Å². The van der Waals surface area contributed by atoms with Crippen molar-refractivity contribution >= 4 is 5.97 Å². The third-order valence-electron chi connectivity index (χ3n) is 3.10. The van der Waals surface area contributed by atoms with Crippen molar-refractivity contribution in [2.75, 3.05) is 0 Å². The summed E-state index contributed by atoms with van der Waals surface area (Å²) in [7, 11) is 0. The Hall–Kier alpha value is -1.38. The number of nitrogens with zero attached hydrogens (tertiary/aromatic N) is 1. The molecular weight excluding hydrogens is 214 g/mol. The average Bonchev–Trinajstić information content (AvgIpc) is 2.68. The van der Waals surface area contributed by atoms with Gasteiger partial charge in [0.05, 0.1) is 6.42 Å². The Kier molecular flexibility index (Phi) is 4.13. The molecule has 0 aliphatic carbocycles. The highest BCUT2D eigenvalue weighted by molar-refractivity contribution is 5.80. The average molecular weight is 233 g/mol. The van der Waals surface area contributed by atoms with Gasteiger partial charge in [-0.05, 0) is 12.8 Å². The van der Waals surface area contributed by atoms with Gasteiger partial charge in [0.2, 0.25) is 0 Å². The number of ether oxygens (including phenoxy) is 1. The SMILES string of the molecule is CCCCCCCc1cc2c(cn1)CC(=O)O2. The van der Waals surface area contributed by atoms with E-state index in [-0.39, 0.29) is 5.97 Å². The minimum atomic E-state index is -0.165. The Balaban J connectivity index is 1.82. The van der Waals surface area contributed by atoms with E-state index in [2.05, 4.69) is 11.9 Å². The first-order valence-corrected chi connectivity index (χ1v) is 6.48. The number of aryl methyl sites for hydroxylation is 1. The fraction of sp³-hybridized carbons (Fsp3) is 0.571. The fourth-order valence-electron chi connectivity index (χ4n) is 2.09. The summed E-state index contributed by atoms with van der Waals surface area (Å²) in [5.41, 5.74) is 1.96. The Labute approximate surface area is 102 Å². The van der Waals surface area contributed by atoms with E-state index in [0.717, 1.165) is 17.7 Å². The standard InChI is InChI=1S/C14H19NO2/c1-2-3-4-5-6-7-12-9-13-11(10-15-12)8-14(16)17-13/h9-10H,2-8H2,1H3. The van der Waals surface area contributed by atoms with Crippen molar-refractivity contribution in [2.24, 2.45) is 0 Å². The molecule has 0 N–H and O–H groups in total. The maximum Gasteiger partial charge on any atom is 0.315 e. The Morgan fingerprint density at radius 1 is 1.29 bits per heavy atom. The Morgan fingerprint density at radius 3 is 2.94 bits per heavy atom. The molecule has 1 aromatic heterocycles. The van der Waals surface area contributed by atoms with Gasteiger partial charge in [0.25, 0.3) is 0 Å². The van der Waals surface area contributed by atoms with Crippen molar-refractivity contribution in [3.05, 3.63) is 23.5 Å². The highest BCUT2D eigenvalue weighted by Crippen LogP contribution is 2.26. The minimum Gasteiger partial charge on any atom is -0.426 e. The summed E-state index contributed by atoms with van der Waals surface area (Å²) in [5.74, 6) is 0.551. The zero-order valence-electron chi connectivity index (χ0n) is 10.4. The highest BCUT2D eigenvalue weighted by atomic mass is 16.5. The Bertz CT molecular complexity index is 401. The van der Waals surface area contributed by atoms with E-state index in [1.165, 1.54) is 32.1 Å². The van der Waals surface area contributed by atoms with Crippen molar-refractivity contribution in [1.82, 2.24) is 4.98 Å². The first-order valence-electron chi connectivity index (χ1n) is 6.48. The predicted molar refractivity (Wildman–Crippen MR) is 66.0 cm³/mol. The van der Waals surface area contributed by atoms with Crippen molar-refractivity contribution < 1.29 is 9.53 Å². The zero-order chi connectivity index (χ0) is 12.1. The van der Waals surface area contributed by atoms with E-state index in [4.69, 9.17) is 4.74 Å². The zero-order valence-corrected chi connectivity index (χ0v) is 10.4. The summed E-state index contributed by atoms with van der Waals surface area (Å²) in [5, 5.41) is 0. The Morgan fingerprint density at radius 2 is 2.12 bits per heavy atom. The molecule has 0 spiro atoms. The smallest absolute Gasteiger partial charge is 0.315 e. The number of hydrogen-bond acceptors (Lipinski definition) is 3. The van der Waals surface area contributed by atoms with Gasteiger partial charge in [-0.25, -0.2) is 0 Å². The summed E-state index contributed by atoms with van der Waals surface area (Å²) in [6, 6.07) is 1.92. The third-order valence-corrected chi connectivity index (χ3v) is 3.10. The van der Waals surface area contributed by atoms with Crippen LogP contribution in [0.2, 0.25) is 0 Å². The van der Waals surface area contributed by atoms with Crippen LogP contribution in [-0.4, -0.2) is 11.0 Å². The van der Waals surface area contributed by atoms with E-state index in [1.807, 2.05) is 6.07 Å². The van der Waals surface area contributed by atoms with Crippen LogP contribution in [0.3, 0.4) is 0 Å². The lowest BCUT2D eigenvalue weighted by atomic mass is 10.1. The van der Waals surface area contributed by atoms with Crippen LogP contribution in [0.1, 0.15) is 50.3 Å². The summed E-state index contributed by atoms with van der Waals surface area (Å²) >= 11 is 0. The molecule has 0 saturated carbocycles. The molecule has 17 heavy (non-hydrogen) atoms. The molecule has 0 radical (unpaired) electrons. The second kappa shape index (κ2) is 5.80. The number of carbonyl (C=O) groups excluding carboxylic acids is 1. The highest BCUT2D eigenvalue weighted by Gasteiger charge is 2.20. The topological polar surface area (TPSA) is 39.2 Å². The molecule has 0 aromatic carbocycles. The molecule has 3 nitrogen and oxygen atoms in total. The van der Waals surface area contributed by atoms with Crippen LogP contribution in [-0.2, 0) is 17.6 Å². The monoisotopic (exact) mass is 233 g/mol. The van der Waals surface area contributed by atoms with Gasteiger partial charge in [-0.3, -0.25) is 9.78 Å². The number of hydrogen-bond donors (Lipinski definition) is 0. The predicted octanol–water partition coefficient (Wildman–Crippen LogP) is 3.06. The van der Waals surface area contributed by atoms with E-state index < -0.39 is 0 Å². The number of esters is 1. The van der Waals surface area contributed by atoms with E-state index >= 15 is 0 Å². The second-order valence-corrected chi connectivity index (χ2v) is 4.60. The molecule has 92 valence electrons. The van der Waals surface area contributed by atoms with Crippen LogP contribution in [0, 0.1) is 0 Å². The largest absolute Gasteiger partial charge is 0.426 e. The second-order valence-electron chi connectivity index (χ2n) is 4.60. The molecule has 3 heteroatoms. The van der Waals surface area contributed by atoms with Crippen LogP contribution in [0.15, 0.2) is 12.3 Å².